The third-order valence-corrected chi connectivity index (χ3v) is 2.36. The van der Waals surface area contributed by atoms with Gasteiger partial charge in [0.1, 0.15) is 12.4 Å². The van der Waals surface area contributed by atoms with Crippen molar-refractivity contribution in [1.82, 2.24) is 4.90 Å². The molecule has 17 heavy (non-hydrogen) atoms. The van der Waals surface area contributed by atoms with E-state index in [1.807, 2.05) is 30.3 Å². The lowest BCUT2D eigenvalue weighted by molar-refractivity contribution is 0.112. The Morgan fingerprint density at radius 2 is 1.76 bits per heavy atom. The van der Waals surface area contributed by atoms with Gasteiger partial charge in [0, 0.05) is 19.6 Å². The maximum Gasteiger partial charge on any atom is 0.119 e. The van der Waals surface area contributed by atoms with E-state index in [1.165, 1.54) is 0 Å². The van der Waals surface area contributed by atoms with E-state index >= 15 is 0 Å². The summed E-state index contributed by atoms with van der Waals surface area (Å²) in [6.07, 6.45) is 0. The SMILES string of the molecule is CN(CCOCCN)CCOc1ccccc1. The van der Waals surface area contributed by atoms with E-state index in [1.54, 1.807) is 0 Å². The van der Waals surface area contributed by atoms with Crippen LogP contribution in [0.2, 0.25) is 0 Å². The second-order valence-electron chi connectivity index (χ2n) is 3.87. The zero-order valence-corrected chi connectivity index (χ0v) is 10.5. The highest BCUT2D eigenvalue weighted by Crippen LogP contribution is 2.07. The summed E-state index contributed by atoms with van der Waals surface area (Å²) in [4.78, 5) is 2.18. The number of rotatable bonds is 9. The molecule has 1 aromatic rings. The molecule has 0 saturated heterocycles. The van der Waals surface area contributed by atoms with Gasteiger partial charge < -0.3 is 20.1 Å². The van der Waals surface area contributed by atoms with Crippen LogP contribution in [-0.4, -0.2) is 51.4 Å². The Kier molecular flexibility index (Phi) is 7.38. The van der Waals surface area contributed by atoms with Crippen molar-refractivity contribution in [2.45, 2.75) is 0 Å². The maximum atomic E-state index is 5.60. The van der Waals surface area contributed by atoms with Crippen LogP contribution in [-0.2, 0) is 4.74 Å². The van der Waals surface area contributed by atoms with Crippen molar-refractivity contribution in [1.29, 1.82) is 0 Å². The molecular formula is C13H22N2O2. The predicted octanol–water partition coefficient (Wildman–Crippen LogP) is 0.973. The van der Waals surface area contributed by atoms with E-state index in [4.69, 9.17) is 15.2 Å². The van der Waals surface area contributed by atoms with E-state index in [2.05, 4.69) is 11.9 Å². The quantitative estimate of drug-likeness (QED) is 0.651. The molecular weight excluding hydrogens is 216 g/mol. The lowest BCUT2D eigenvalue weighted by atomic mass is 10.3. The molecule has 0 aliphatic rings. The van der Waals surface area contributed by atoms with Gasteiger partial charge in [0.25, 0.3) is 0 Å². The maximum absolute atomic E-state index is 5.60. The average Bonchev–Trinajstić information content (AvgIpc) is 2.36. The van der Waals surface area contributed by atoms with E-state index in [9.17, 15) is 0 Å². The summed E-state index contributed by atoms with van der Waals surface area (Å²) < 4.78 is 10.9. The van der Waals surface area contributed by atoms with Crippen molar-refractivity contribution in [2.75, 3.05) is 46.5 Å². The third kappa shape index (κ3) is 6.94. The molecule has 0 radical (unpaired) electrons. The number of benzene rings is 1. The van der Waals surface area contributed by atoms with Crippen LogP contribution in [0.15, 0.2) is 30.3 Å². The van der Waals surface area contributed by atoms with Gasteiger partial charge in [-0.1, -0.05) is 18.2 Å². The fraction of sp³-hybridized carbons (Fsp3) is 0.538. The Balaban J connectivity index is 2.02. The van der Waals surface area contributed by atoms with Crippen LogP contribution >= 0.6 is 0 Å². The summed E-state index contributed by atoms with van der Waals surface area (Å²) in [5, 5.41) is 0. The van der Waals surface area contributed by atoms with Gasteiger partial charge in [-0.3, -0.25) is 0 Å². The van der Waals surface area contributed by atoms with Crippen LogP contribution in [0, 0.1) is 0 Å². The first kappa shape index (κ1) is 14.0. The van der Waals surface area contributed by atoms with Crippen molar-refractivity contribution in [2.24, 2.45) is 5.73 Å². The highest BCUT2D eigenvalue weighted by Gasteiger charge is 1.98. The predicted molar refractivity (Wildman–Crippen MR) is 69.3 cm³/mol. The summed E-state index contributed by atoms with van der Waals surface area (Å²) >= 11 is 0. The topological polar surface area (TPSA) is 47.7 Å². The number of nitrogens with two attached hydrogens (primary N) is 1. The van der Waals surface area contributed by atoms with Crippen LogP contribution in [0.4, 0.5) is 0 Å². The molecule has 96 valence electrons. The van der Waals surface area contributed by atoms with Crippen molar-refractivity contribution in [3.05, 3.63) is 30.3 Å². The number of likely N-dealkylation sites (N-methyl/N-ethyl adjacent to an activating group) is 1. The van der Waals surface area contributed by atoms with Gasteiger partial charge >= 0.3 is 0 Å². The molecule has 0 atom stereocenters. The fourth-order valence-electron chi connectivity index (χ4n) is 1.35. The molecule has 4 nitrogen and oxygen atoms in total. The molecule has 0 saturated carbocycles. The van der Waals surface area contributed by atoms with E-state index in [0.29, 0.717) is 19.8 Å². The minimum Gasteiger partial charge on any atom is -0.492 e. The molecule has 0 aliphatic carbocycles. The first-order chi connectivity index (χ1) is 8.33. The van der Waals surface area contributed by atoms with Crippen molar-refractivity contribution >= 4 is 0 Å². The van der Waals surface area contributed by atoms with Gasteiger partial charge in [-0.2, -0.15) is 0 Å². The molecule has 0 aliphatic heterocycles. The summed E-state index contributed by atoms with van der Waals surface area (Å²) in [5.74, 6) is 0.917. The summed E-state index contributed by atoms with van der Waals surface area (Å²) in [6, 6.07) is 9.85. The van der Waals surface area contributed by atoms with Crippen molar-refractivity contribution in [3.8, 4) is 5.75 Å². The highest BCUT2D eigenvalue weighted by atomic mass is 16.5. The first-order valence-corrected chi connectivity index (χ1v) is 5.97. The fourth-order valence-corrected chi connectivity index (χ4v) is 1.35. The number of hydrogen-bond donors (Lipinski definition) is 1. The Bertz CT molecular complexity index is 280. The van der Waals surface area contributed by atoms with Gasteiger partial charge in [-0.15, -0.1) is 0 Å². The summed E-state index contributed by atoms with van der Waals surface area (Å²) in [7, 11) is 2.06. The van der Waals surface area contributed by atoms with E-state index in [-0.39, 0.29) is 0 Å². The molecule has 0 unspecified atom stereocenters. The van der Waals surface area contributed by atoms with Crippen LogP contribution in [0.1, 0.15) is 0 Å². The number of para-hydroxylation sites is 1. The molecule has 0 bridgehead atoms. The zero-order chi connectivity index (χ0) is 12.3. The van der Waals surface area contributed by atoms with E-state index < -0.39 is 0 Å². The molecule has 0 aromatic heterocycles. The van der Waals surface area contributed by atoms with Crippen LogP contribution < -0.4 is 10.5 Å². The Labute approximate surface area is 103 Å². The Morgan fingerprint density at radius 1 is 1.06 bits per heavy atom. The molecule has 0 fully saturated rings. The van der Waals surface area contributed by atoms with Crippen LogP contribution in [0.25, 0.3) is 0 Å². The van der Waals surface area contributed by atoms with Gasteiger partial charge in [-0.25, -0.2) is 0 Å². The Morgan fingerprint density at radius 3 is 2.47 bits per heavy atom. The minimum atomic E-state index is 0.584. The molecule has 0 spiro atoms. The molecule has 2 N–H and O–H groups in total. The molecule has 0 heterocycles. The van der Waals surface area contributed by atoms with Gasteiger partial charge in [0.15, 0.2) is 0 Å². The lowest BCUT2D eigenvalue weighted by Crippen LogP contribution is -2.28. The highest BCUT2D eigenvalue weighted by molar-refractivity contribution is 5.20. The average molecular weight is 238 g/mol. The largest absolute Gasteiger partial charge is 0.492 e. The zero-order valence-electron chi connectivity index (χ0n) is 10.5. The lowest BCUT2D eigenvalue weighted by Gasteiger charge is -2.16. The molecule has 1 aromatic carbocycles. The van der Waals surface area contributed by atoms with Gasteiger partial charge in [0.2, 0.25) is 0 Å². The van der Waals surface area contributed by atoms with Crippen LogP contribution in [0.5, 0.6) is 5.75 Å². The molecule has 0 amide bonds. The Hall–Kier alpha value is -1.10. The minimum absolute atomic E-state index is 0.584. The first-order valence-electron chi connectivity index (χ1n) is 5.97. The standard InChI is InChI=1S/C13H22N2O2/c1-15(8-11-16-10-7-14)9-12-17-13-5-3-2-4-6-13/h2-6H,7-12,14H2,1H3. The smallest absolute Gasteiger partial charge is 0.119 e. The summed E-state index contributed by atoms with van der Waals surface area (Å²) in [6.45, 7) is 4.42. The number of nitrogens with zero attached hydrogens (tertiary/aromatic N) is 1. The van der Waals surface area contributed by atoms with Crippen LogP contribution in [0.3, 0.4) is 0 Å². The second kappa shape index (κ2) is 8.98. The van der Waals surface area contributed by atoms with E-state index in [0.717, 1.165) is 25.4 Å². The van der Waals surface area contributed by atoms with Gasteiger partial charge in [-0.05, 0) is 19.2 Å². The monoisotopic (exact) mass is 238 g/mol. The number of hydrogen-bond acceptors (Lipinski definition) is 4. The second-order valence-corrected chi connectivity index (χ2v) is 3.87. The van der Waals surface area contributed by atoms with Gasteiger partial charge in [0.05, 0.1) is 13.2 Å². The summed E-state index contributed by atoms with van der Waals surface area (Å²) in [5.41, 5.74) is 5.33. The molecule has 1 rings (SSSR count). The van der Waals surface area contributed by atoms with Crippen molar-refractivity contribution < 1.29 is 9.47 Å². The van der Waals surface area contributed by atoms with Crippen molar-refractivity contribution in [3.63, 3.8) is 0 Å². The number of ether oxygens (including phenoxy) is 2. The third-order valence-electron chi connectivity index (χ3n) is 2.36. The molecule has 4 heteroatoms. The normalized spacial score (nSPS) is 10.8.